The zero-order valence-electron chi connectivity index (χ0n) is 12.8. The maximum Gasteiger partial charge on any atom is 0.314 e. The lowest BCUT2D eigenvalue weighted by Gasteiger charge is -2.13. The number of pyridine rings is 1. The van der Waals surface area contributed by atoms with E-state index in [-0.39, 0.29) is 24.7 Å². The van der Waals surface area contributed by atoms with Crippen LogP contribution in [0.2, 0.25) is 0 Å². The monoisotopic (exact) mass is 317 g/mol. The average Bonchev–Trinajstić information content (AvgIpc) is 2.53. The minimum Gasteiger partial charge on any atom is -0.389 e. The van der Waals surface area contributed by atoms with Crippen LogP contribution in [0.4, 0.5) is 11.5 Å². The number of hydrogen-bond acceptors (Lipinski definition) is 6. The Morgan fingerprint density at radius 2 is 2.09 bits per heavy atom. The molecule has 0 saturated heterocycles. The van der Waals surface area contributed by atoms with Crippen molar-refractivity contribution in [2.75, 3.05) is 18.5 Å². The summed E-state index contributed by atoms with van der Waals surface area (Å²) in [6.45, 7) is 2.29. The molecule has 0 fully saturated rings. The molecule has 1 aromatic heterocycles. The highest BCUT2D eigenvalue weighted by molar-refractivity contribution is 5.59. The second kappa shape index (κ2) is 8.21. The van der Waals surface area contributed by atoms with Crippen molar-refractivity contribution in [2.24, 2.45) is 0 Å². The Morgan fingerprint density at radius 1 is 1.35 bits per heavy atom. The van der Waals surface area contributed by atoms with Crippen LogP contribution in [0.3, 0.4) is 0 Å². The third kappa shape index (κ3) is 5.01. The van der Waals surface area contributed by atoms with Gasteiger partial charge in [-0.15, -0.1) is 0 Å². The summed E-state index contributed by atoms with van der Waals surface area (Å²) < 4.78 is 5.43. The van der Waals surface area contributed by atoms with Gasteiger partial charge in [0.15, 0.2) is 0 Å². The minimum atomic E-state index is -0.791. The number of ether oxygens (including phenoxy) is 1. The molecule has 122 valence electrons. The molecule has 7 heteroatoms. The fourth-order valence-corrected chi connectivity index (χ4v) is 2.07. The molecule has 1 heterocycles. The van der Waals surface area contributed by atoms with Crippen LogP contribution in [-0.4, -0.2) is 34.3 Å². The van der Waals surface area contributed by atoms with Crippen molar-refractivity contribution in [1.82, 2.24) is 4.98 Å². The Labute approximate surface area is 134 Å². The molecule has 7 nitrogen and oxygen atoms in total. The van der Waals surface area contributed by atoms with E-state index in [0.29, 0.717) is 12.2 Å². The third-order valence-corrected chi connectivity index (χ3v) is 3.24. The Kier molecular flexibility index (Phi) is 6.02. The number of benzene rings is 1. The van der Waals surface area contributed by atoms with Crippen LogP contribution in [0, 0.1) is 17.0 Å². The van der Waals surface area contributed by atoms with Gasteiger partial charge in [0.25, 0.3) is 0 Å². The second-order valence-electron chi connectivity index (χ2n) is 5.12. The number of aliphatic hydroxyl groups excluding tert-OH is 1. The first kappa shape index (κ1) is 16.9. The van der Waals surface area contributed by atoms with E-state index in [9.17, 15) is 15.2 Å². The number of nitrogens with one attached hydrogen (secondary N) is 1. The molecule has 2 N–H and O–H groups in total. The largest absolute Gasteiger partial charge is 0.389 e. The van der Waals surface area contributed by atoms with E-state index in [0.717, 1.165) is 5.56 Å². The summed E-state index contributed by atoms with van der Waals surface area (Å²) in [5.41, 5.74) is 1.45. The lowest BCUT2D eigenvalue weighted by molar-refractivity contribution is -0.384. The van der Waals surface area contributed by atoms with Crippen LogP contribution < -0.4 is 5.32 Å². The molecular weight excluding hydrogens is 298 g/mol. The van der Waals surface area contributed by atoms with Gasteiger partial charge in [-0.05, 0) is 18.6 Å². The lowest BCUT2D eigenvalue weighted by atomic mass is 10.2. The molecule has 1 atom stereocenters. The van der Waals surface area contributed by atoms with E-state index in [1.807, 2.05) is 30.3 Å². The van der Waals surface area contributed by atoms with Gasteiger partial charge >= 0.3 is 5.69 Å². The summed E-state index contributed by atoms with van der Waals surface area (Å²) in [6.07, 6.45) is 0.698. The Morgan fingerprint density at radius 3 is 2.78 bits per heavy atom. The van der Waals surface area contributed by atoms with Crippen LogP contribution in [0.15, 0.2) is 42.6 Å². The van der Waals surface area contributed by atoms with Crippen LogP contribution in [0.5, 0.6) is 0 Å². The molecule has 0 amide bonds. The van der Waals surface area contributed by atoms with E-state index >= 15 is 0 Å². The van der Waals surface area contributed by atoms with E-state index in [1.54, 1.807) is 13.0 Å². The number of aryl methyl sites for hydroxylation is 1. The van der Waals surface area contributed by atoms with Crippen molar-refractivity contribution in [2.45, 2.75) is 19.6 Å². The van der Waals surface area contributed by atoms with Crippen LogP contribution >= 0.6 is 0 Å². The van der Waals surface area contributed by atoms with Gasteiger partial charge in [-0.1, -0.05) is 30.3 Å². The molecule has 0 saturated carbocycles. The van der Waals surface area contributed by atoms with Gasteiger partial charge < -0.3 is 15.2 Å². The summed E-state index contributed by atoms with van der Waals surface area (Å²) in [6, 6.07) is 11.2. The van der Waals surface area contributed by atoms with Crippen molar-refractivity contribution in [1.29, 1.82) is 0 Å². The molecule has 23 heavy (non-hydrogen) atoms. The van der Waals surface area contributed by atoms with Crippen LogP contribution in [0.25, 0.3) is 0 Å². The van der Waals surface area contributed by atoms with Crippen LogP contribution in [0.1, 0.15) is 11.1 Å². The van der Waals surface area contributed by atoms with Gasteiger partial charge in [0.05, 0.1) is 24.2 Å². The molecule has 1 aromatic carbocycles. The summed E-state index contributed by atoms with van der Waals surface area (Å²) in [5, 5.41) is 23.8. The predicted octanol–water partition coefficient (Wildman–Crippen LogP) is 2.29. The van der Waals surface area contributed by atoms with Crippen molar-refractivity contribution in [3.05, 3.63) is 63.8 Å². The average molecular weight is 317 g/mol. The maximum absolute atomic E-state index is 11.1. The Hall–Kier alpha value is -2.51. The number of hydrogen-bond donors (Lipinski definition) is 2. The van der Waals surface area contributed by atoms with Gasteiger partial charge in [0.1, 0.15) is 0 Å². The van der Waals surface area contributed by atoms with Crippen molar-refractivity contribution in [3.8, 4) is 0 Å². The number of nitrogens with zero attached hydrogens (tertiary/aromatic N) is 2. The lowest BCUT2D eigenvalue weighted by Crippen LogP contribution is -2.25. The molecule has 0 aliphatic carbocycles. The molecule has 2 rings (SSSR count). The molecule has 0 unspecified atom stereocenters. The molecular formula is C16H19N3O4. The minimum absolute atomic E-state index is 0.0788. The first-order chi connectivity index (χ1) is 11.1. The number of aromatic nitrogens is 1. The fourth-order valence-electron chi connectivity index (χ4n) is 2.07. The number of aliphatic hydroxyl groups is 1. The summed E-state index contributed by atoms with van der Waals surface area (Å²) in [4.78, 5) is 14.5. The van der Waals surface area contributed by atoms with Gasteiger partial charge in [-0.2, -0.15) is 0 Å². The zero-order chi connectivity index (χ0) is 16.7. The highest BCUT2D eigenvalue weighted by Crippen LogP contribution is 2.25. The third-order valence-electron chi connectivity index (χ3n) is 3.24. The van der Waals surface area contributed by atoms with E-state index in [2.05, 4.69) is 10.3 Å². The second-order valence-corrected chi connectivity index (χ2v) is 5.12. The SMILES string of the molecule is Cc1ccnc(NC[C@H](O)COCc2ccccc2)c1[N+](=O)[O-]. The number of anilines is 1. The quantitative estimate of drug-likeness (QED) is 0.572. The summed E-state index contributed by atoms with van der Waals surface area (Å²) in [5.74, 6) is 0.150. The standard InChI is InChI=1S/C16H19N3O4/c1-12-7-8-17-16(15(12)19(21)22)18-9-14(20)11-23-10-13-5-3-2-4-6-13/h2-8,14,20H,9-11H2,1H3,(H,17,18)/t14-/m0/s1. The van der Waals surface area contributed by atoms with Gasteiger partial charge in [-0.3, -0.25) is 10.1 Å². The highest BCUT2D eigenvalue weighted by Gasteiger charge is 2.18. The molecule has 0 spiro atoms. The predicted molar refractivity (Wildman–Crippen MR) is 86.2 cm³/mol. The molecule has 2 aromatic rings. The Balaban J connectivity index is 1.82. The van der Waals surface area contributed by atoms with E-state index in [1.165, 1.54) is 6.20 Å². The van der Waals surface area contributed by atoms with Crippen LogP contribution in [-0.2, 0) is 11.3 Å². The molecule has 0 radical (unpaired) electrons. The summed E-state index contributed by atoms with van der Waals surface area (Å²) in [7, 11) is 0. The fraction of sp³-hybridized carbons (Fsp3) is 0.312. The molecule has 0 bridgehead atoms. The maximum atomic E-state index is 11.1. The van der Waals surface area contributed by atoms with E-state index in [4.69, 9.17) is 4.74 Å². The normalized spacial score (nSPS) is 11.9. The smallest absolute Gasteiger partial charge is 0.314 e. The van der Waals surface area contributed by atoms with Crippen molar-refractivity contribution >= 4 is 11.5 Å². The topological polar surface area (TPSA) is 97.5 Å². The van der Waals surface area contributed by atoms with Crippen molar-refractivity contribution in [3.63, 3.8) is 0 Å². The van der Waals surface area contributed by atoms with Crippen molar-refractivity contribution < 1.29 is 14.8 Å². The number of nitro groups is 1. The molecule has 0 aliphatic heterocycles. The zero-order valence-corrected chi connectivity index (χ0v) is 12.8. The van der Waals surface area contributed by atoms with E-state index < -0.39 is 11.0 Å². The first-order valence-corrected chi connectivity index (χ1v) is 7.21. The number of rotatable bonds is 8. The van der Waals surface area contributed by atoms with Gasteiger partial charge in [0.2, 0.25) is 5.82 Å². The summed E-state index contributed by atoms with van der Waals surface area (Å²) >= 11 is 0. The van der Waals surface area contributed by atoms with Gasteiger partial charge in [-0.25, -0.2) is 4.98 Å². The first-order valence-electron chi connectivity index (χ1n) is 7.21. The van der Waals surface area contributed by atoms with Gasteiger partial charge in [0, 0.05) is 18.3 Å². The Bertz CT molecular complexity index is 649. The molecule has 0 aliphatic rings. The highest BCUT2D eigenvalue weighted by atomic mass is 16.6.